The van der Waals surface area contributed by atoms with E-state index in [-0.39, 0.29) is 11.9 Å². The highest BCUT2D eigenvalue weighted by Crippen LogP contribution is 2.20. The van der Waals surface area contributed by atoms with Gasteiger partial charge in [0.15, 0.2) is 0 Å². The fourth-order valence-electron chi connectivity index (χ4n) is 1.78. The molecule has 0 unspecified atom stereocenters. The van der Waals surface area contributed by atoms with E-state index in [1.165, 1.54) is 31.1 Å². The number of urea groups is 1. The summed E-state index contributed by atoms with van der Waals surface area (Å²) in [6, 6.07) is 8.35. The van der Waals surface area contributed by atoms with Crippen molar-refractivity contribution in [3.63, 3.8) is 0 Å². The Hall–Kier alpha value is -1.84. The molecule has 18 heavy (non-hydrogen) atoms. The van der Waals surface area contributed by atoms with Crippen molar-refractivity contribution in [2.45, 2.75) is 26.2 Å². The van der Waals surface area contributed by atoms with Crippen LogP contribution in [0.3, 0.4) is 0 Å². The summed E-state index contributed by atoms with van der Waals surface area (Å²) < 4.78 is 0. The number of carbonyl (C=O) groups excluding carboxylic acids is 2. The Morgan fingerprint density at radius 1 is 1.11 bits per heavy atom. The van der Waals surface area contributed by atoms with Crippen LogP contribution in [-0.2, 0) is 17.6 Å². The van der Waals surface area contributed by atoms with Crippen LogP contribution in [0, 0.1) is 0 Å². The predicted octanol–water partition coefficient (Wildman–Crippen LogP) is 1.98. The fraction of sp³-hybridized carbons (Fsp3) is 0.429. The lowest BCUT2D eigenvalue weighted by Gasteiger charge is -2.08. The molecule has 0 fully saturated rings. The molecule has 0 spiro atoms. The number of fused-ring (bicyclic) bond motifs is 1. The first-order valence-corrected chi connectivity index (χ1v) is 6.06. The molecule has 1 N–H and O–H groups in total. The van der Waals surface area contributed by atoms with Crippen molar-refractivity contribution >= 4 is 11.9 Å². The summed E-state index contributed by atoms with van der Waals surface area (Å²) in [7, 11) is 3.14. The zero-order chi connectivity index (χ0) is 13.5. The van der Waals surface area contributed by atoms with Crippen LogP contribution in [0.25, 0.3) is 0 Å². The van der Waals surface area contributed by atoms with E-state index in [0.29, 0.717) is 0 Å². The summed E-state index contributed by atoms with van der Waals surface area (Å²) in [6.45, 7) is 1.29. The molecule has 4 nitrogen and oxygen atoms in total. The van der Waals surface area contributed by atoms with Gasteiger partial charge in [0.25, 0.3) is 0 Å². The molecule has 98 valence electrons. The summed E-state index contributed by atoms with van der Waals surface area (Å²) in [5.41, 5.74) is 3.13. The molecule has 1 aliphatic rings. The van der Waals surface area contributed by atoms with Gasteiger partial charge in [-0.3, -0.25) is 10.1 Å². The molecule has 0 heterocycles. The number of nitrogens with one attached hydrogen (secondary N) is 1. The molecule has 0 atom stereocenters. The highest BCUT2D eigenvalue weighted by Gasteiger charge is 2.07. The normalized spacial score (nSPS) is 11.9. The van der Waals surface area contributed by atoms with Crippen molar-refractivity contribution in [1.29, 1.82) is 0 Å². The van der Waals surface area contributed by atoms with Crippen molar-refractivity contribution in [3.05, 3.63) is 35.4 Å². The Labute approximate surface area is 108 Å². The number of rotatable bonds is 0. The maximum Gasteiger partial charge on any atom is 0.323 e. The zero-order valence-electron chi connectivity index (χ0n) is 11.2. The summed E-state index contributed by atoms with van der Waals surface area (Å²) in [5, 5.41) is 2.09. The second-order valence-corrected chi connectivity index (χ2v) is 4.50. The van der Waals surface area contributed by atoms with Gasteiger partial charge in [0.05, 0.1) is 0 Å². The van der Waals surface area contributed by atoms with Crippen molar-refractivity contribution < 1.29 is 9.59 Å². The van der Waals surface area contributed by atoms with Gasteiger partial charge in [-0.2, -0.15) is 0 Å². The molecule has 1 aromatic rings. The minimum atomic E-state index is -0.387. The number of hydrogen-bond donors (Lipinski definition) is 1. The third kappa shape index (κ3) is 4.57. The molecular formula is C14H20N2O2. The Kier molecular flexibility index (Phi) is 5.36. The molecule has 0 aromatic heterocycles. The van der Waals surface area contributed by atoms with Gasteiger partial charge in [0.1, 0.15) is 0 Å². The Morgan fingerprint density at radius 2 is 1.61 bits per heavy atom. The van der Waals surface area contributed by atoms with E-state index < -0.39 is 0 Å². The molecule has 0 saturated carbocycles. The van der Waals surface area contributed by atoms with Crippen molar-refractivity contribution in [2.24, 2.45) is 0 Å². The molecule has 4 heteroatoms. The van der Waals surface area contributed by atoms with E-state index >= 15 is 0 Å². The molecular weight excluding hydrogens is 228 g/mol. The van der Waals surface area contributed by atoms with Crippen LogP contribution in [0.2, 0.25) is 0 Å². The lowest BCUT2D eigenvalue weighted by molar-refractivity contribution is -0.118. The molecule has 1 aromatic carbocycles. The number of nitrogens with zero attached hydrogens (tertiary/aromatic N) is 1. The monoisotopic (exact) mass is 248 g/mol. The van der Waals surface area contributed by atoms with Crippen molar-refractivity contribution in [1.82, 2.24) is 10.2 Å². The third-order valence-electron chi connectivity index (χ3n) is 2.70. The molecule has 3 amide bonds. The van der Waals surface area contributed by atoms with E-state index in [0.717, 1.165) is 0 Å². The molecule has 0 radical (unpaired) electrons. The van der Waals surface area contributed by atoms with E-state index in [1.807, 2.05) is 0 Å². The number of aryl methyl sites for hydroxylation is 2. The van der Waals surface area contributed by atoms with Gasteiger partial charge in [-0.25, -0.2) is 4.79 Å². The van der Waals surface area contributed by atoms with Crippen LogP contribution in [0.1, 0.15) is 24.5 Å². The number of benzene rings is 1. The Balaban J connectivity index is 0.000000180. The standard InChI is InChI=1S/C9H10.C5H10N2O2/c1-2-5-9-7-3-6-8(9)4-1;1-4(8)6-5(9)7(2)3/h1-2,4-5H,3,6-7H2;1-3H3,(H,6,8,9). The van der Waals surface area contributed by atoms with Crippen LogP contribution in [0.15, 0.2) is 24.3 Å². The van der Waals surface area contributed by atoms with Gasteiger partial charge in [-0.15, -0.1) is 0 Å². The lowest BCUT2D eigenvalue weighted by atomic mass is 10.1. The quantitative estimate of drug-likeness (QED) is 0.763. The summed E-state index contributed by atoms with van der Waals surface area (Å²) in [4.78, 5) is 22.0. The van der Waals surface area contributed by atoms with Crippen LogP contribution >= 0.6 is 0 Å². The first-order chi connectivity index (χ1) is 8.50. The highest BCUT2D eigenvalue weighted by atomic mass is 16.2. The second kappa shape index (κ2) is 6.79. The van der Waals surface area contributed by atoms with Crippen molar-refractivity contribution in [2.75, 3.05) is 14.1 Å². The van der Waals surface area contributed by atoms with Crippen LogP contribution in [-0.4, -0.2) is 30.9 Å². The topological polar surface area (TPSA) is 49.4 Å². The number of hydrogen-bond acceptors (Lipinski definition) is 2. The van der Waals surface area contributed by atoms with E-state index in [2.05, 4.69) is 29.6 Å². The molecule has 0 aliphatic heterocycles. The minimum absolute atomic E-state index is 0.339. The maximum atomic E-state index is 10.5. The lowest BCUT2D eigenvalue weighted by Crippen LogP contribution is -2.37. The fourth-order valence-corrected chi connectivity index (χ4v) is 1.78. The maximum absolute atomic E-state index is 10.5. The second-order valence-electron chi connectivity index (χ2n) is 4.50. The van der Waals surface area contributed by atoms with Gasteiger partial charge >= 0.3 is 6.03 Å². The third-order valence-corrected chi connectivity index (χ3v) is 2.70. The van der Waals surface area contributed by atoms with Gasteiger partial charge in [0, 0.05) is 21.0 Å². The summed E-state index contributed by atoms with van der Waals surface area (Å²) >= 11 is 0. The molecule has 2 rings (SSSR count). The van der Waals surface area contributed by atoms with Gasteiger partial charge in [-0.1, -0.05) is 24.3 Å². The summed E-state index contributed by atoms with van der Waals surface area (Å²) in [5.74, 6) is -0.339. The molecule has 1 aliphatic carbocycles. The zero-order valence-corrected chi connectivity index (χ0v) is 11.2. The Bertz CT molecular complexity index is 405. The smallest absolute Gasteiger partial charge is 0.323 e. The van der Waals surface area contributed by atoms with E-state index in [4.69, 9.17) is 0 Å². The van der Waals surface area contributed by atoms with Gasteiger partial charge in [-0.05, 0) is 30.4 Å². The van der Waals surface area contributed by atoms with Gasteiger partial charge in [0.2, 0.25) is 5.91 Å². The number of imide groups is 1. The number of carbonyl (C=O) groups is 2. The minimum Gasteiger partial charge on any atom is -0.331 e. The van der Waals surface area contributed by atoms with Crippen LogP contribution < -0.4 is 5.32 Å². The summed E-state index contributed by atoms with van der Waals surface area (Å²) in [6.07, 6.45) is 3.96. The van der Waals surface area contributed by atoms with Crippen molar-refractivity contribution in [3.8, 4) is 0 Å². The van der Waals surface area contributed by atoms with Gasteiger partial charge < -0.3 is 4.90 Å². The number of amides is 3. The molecule has 0 saturated heterocycles. The van der Waals surface area contributed by atoms with E-state index in [9.17, 15) is 9.59 Å². The Morgan fingerprint density at radius 3 is 1.94 bits per heavy atom. The average Bonchev–Trinajstić information content (AvgIpc) is 2.76. The van der Waals surface area contributed by atoms with Crippen LogP contribution in [0.5, 0.6) is 0 Å². The van der Waals surface area contributed by atoms with Crippen LogP contribution in [0.4, 0.5) is 4.79 Å². The first kappa shape index (κ1) is 14.2. The molecule has 0 bridgehead atoms. The predicted molar refractivity (Wildman–Crippen MR) is 71.4 cm³/mol. The largest absolute Gasteiger partial charge is 0.331 e. The first-order valence-electron chi connectivity index (χ1n) is 6.06. The van der Waals surface area contributed by atoms with E-state index in [1.54, 1.807) is 25.2 Å². The average molecular weight is 248 g/mol. The highest BCUT2D eigenvalue weighted by molar-refractivity contribution is 5.92. The SMILES string of the molecule is CC(=O)NC(=O)N(C)C.c1ccc2c(c1)CCC2.